The molecule has 2 aliphatic heterocycles. The van der Waals surface area contributed by atoms with Crippen molar-refractivity contribution in [2.75, 3.05) is 26.2 Å². The molecule has 10 nitrogen and oxygen atoms in total. The zero-order chi connectivity index (χ0) is 41.3. The van der Waals surface area contributed by atoms with Crippen molar-refractivity contribution in [1.82, 2.24) is 28.5 Å². The number of aromatic nitrogens is 4. The van der Waals surface area contributed by atoms with Crippen molar-refractivity contribution in [3.63, 3.8) is 0 Å². The van der Waals surface area contributed by atoms with Crippen LogP contribution in [0.1, 0.15) is 109 Å². The topological polar surface area (TPSA) is 105 Å². The summed E-state index contributed by atoms with van der Waals surface area (Å²) in [6.45, 7) is 11.3. The number of amides is 2. The van der Waals surface area contributed by atoms with Crippen LogP contribution in [0.2, 0.25) is 0 Å². The van der Waals surface area contributed by atoms with Gasteiger partial charge in [-0.15, -0.1) is 6.58 Å². The summed E-state index contributed by atoms with van der Waals surface area (Å²) in [6, 6.07) is 32.0. The summed E-state index contributed by atoms with van der Waals surface area (Å²) in [5, 5.41) is 0. The molecular formula is C49H58N6O4. The maximum atomic E-state index is 13.1. The largest absolute Gasteiger partial charge is 0.338 e. The van der Waals surface area contributed by atoms with Crippen LogP contribution in [0, 0.1) is 0 Å². The highest BCUT2D eigenvalue weighted by molar-refractivity contribution is 5.95. The van der Waals surface area contributed by atoms with Crippen LogP contribution in [0.3, 0.4) is 0 Å². The number of aromatic amines is 1. The van der Waals surface area contributed by atoms with Gasteiger partial charge in [0.05, 0.1) is 22.1 Å². The number of hydrogen-bond acceptors (Lipinski definition) is 4. The van der Waals surface area contributed by atoms with Crippen LogP contribution in [0.25, 0.3) is 22.1 Å². The molecule has 8 rings (SSSR count). The molecule has 2 amide bonds. The van der Waals surface area contributed by atoms with E-state index in [0.29, 0.717) is 32.7 Å². The van der Waals surface area contributed by atoms with Crippen molar-refractivity contribution in [2.24, 2.45) is 0 Å². The quantitative estimate of drug-likeness (QED) is 0.125. The molecule has 0 bridgehead atoms. The van der Waals surface area contributed by atoms with E-state index in [1.165, 1.54) is 36.8 Å². The Morgan fingerprint density at radius 2 is 1.08 bits per heavy atom. The Morgan fingerprint density at radius 1 is 0.627 bits per heavy atom. The van der Waals surface area contributed by atoms with Gasteiger partial charge in [0, 0.05) is 55.9 Å². The SMILES string of the molecule is C=CCn1c(=O)n(C2CCN(C(=O)c3ccc(CCCC)cc3)CC2)c2ccccc21.CCCCc1ccc(C(=O)N2CCC(n3c(=O)[nH]c4ccccc43)CC2)cc1. The van der Waals surface area contributed by atoms with E-state index in [1.54, 1.807) is 10.6 Å². The normalized spacial score (nSPS) is 15.0. The van der Waals surface area contributed by atoms with Gasteiger partial charge in [-0.2, -0.15) is 0 Å². The third-order valence-corrected chi connectivity index (χ3v) is 12.1. The van der Waals surface area contributed by atoms with Crippen LogP contribution in [0.5, 0.6) is 0 Å². The molecule has 10 heteroatoms. The van der Waals surface area contributed by atoms with Gasteiger partial charge in [0.1, 0.15) is 0 Å². The van der Waals surface area contributed by atoms with Gasteiger partial charge in [-0.1, -0.05) is 81.3 Å². The third kappa shape index (κ3) is 9.22. The fraction of sp³-hybridized carbons (Fsp3) is 0.388. The number of rotatable bonds is 12. The number of H-pyrrole nitrogens is 1. The standard InChI is InChI=1S/C26H31N3O2.C23H27N3O2/c1-3-5-8-20-11-13-21(14-12-20)25(30)27-18-15-22(16-19-27)29-24-10-7-6-9-23(24)28(17-4-2)26(29)31;1-2-3-6-17-9-11-18(12-10-17)22(27)25-15-13-19(14-16-25)26-21-8-5-4-7-20(21)24-23(26)28/h4,6-7,9-14,22H,2-3,5,8,15-19H2,1H3;4-5,7-12,19H,2-3,6,13-16H2,1H3,(H,24,28). The molecule has 0 radical (unpaired) electrons. The summed E-state index contributed by atoms with van der Waals surface area (Å²) in [7, 11) is 0. The molecule has 0 saturated carbocycles. The second-order valence-corrected chi connectivity index (χ2v) is 16.0. The first-order valence-electron chi connectivity index (χ1n) is 21.6. The van der Waals surface area contributed by atoms with Crippen molar-refractivity contribution in [3.8, 4) is 0 Å². The number of para-hydroxylation sites is 4. The predicted molar refractivity (Wildman–Crippen MR) is 237 cm³/mol. The van der Waals surface area contributed by atoms with Crippen molar-refractivity contribution in [3.05, 3.63) is 153 Å². The third-order valence-electron chi connectivity index (χ3n) is 12.1. The summed E-state index contributed by atoms with van der Waals surface area (Å²) in [6.07, 6.45) is 11.7. The zero-order valence-electron chi connectivity index (χ0n) is 34.7. The lowest BCUT2D eigenvalue weighted by atomic mass is 10.0. The number of carbonyl (C=O) groups excluding carboxylic acids is 2. The molecule has 0 spiro atoms. The lowest BCUT2D eigenvalue weighted by molar-refractivity contribution is 0.0687. The molecule has 4 heterocycles. The first-order chi connectivity index (χ1) is 28.8. The van der Waals surface area contributed by atoms with Crippen LogP contribution in [-0.2, 0) is 19.4 Å². The minimum absolute atomic E-state index is 0.00791. The summed E-state index contributed by atoms with van der Waals surface area (Å²) < 4.78 is 5.56. The first kappa shape index (κ1) is 41.3. The molecule has 6 aromatic rings. The highest BCUT2D eigenvalue weighted by Gasteiger charge is 2.29. The molecule has 308 valence electrons. The van der Waals surface area contributed by atoms with Crippen molar-refractivity contribution >= 4 is 33.9 Å². The van der Waals surface area contributed by atoms with Gasteiger partial charge in [-0.3, -0.25) is 23.3 Å². The first-order valence-corrected chi connectivity index (χ1v) is 21.6. The Morgan fingerprint density at radius 3 is 1.58 bits per heavy atom. The fourth-order valence-electron chi connectivity index (χ4n) is 8.74. The van der Waals surface area contributed by atoms with Crippen LogP contribution in [0.4, 0.5) is 0 Å². The number of carbonyl (C=O) groups is 2. The molecule has 2 aromatic heterocycles. The Bertz CT molecular complexity index is 2470. The molecule has 2 fully saturated rings. The highest BCUT2D eigenvalue weighted by atomic mass is 16.2. The minimum Gasteiger partial charge on any atom is -0.338 e. The number of nitrogens with one attached hydrogen (secondary N) is 1. The second-order valence-electron chi connectivity index (χ2n) is 16.0. The predicted octanol–water partition coefficient (Wildman–Crippen LogP) is 8.96. The molecule has 1 N–H and O–H groups in total. The van der Waals surface area contributed by atoms with E-state index in [9.17, 15) is 19.2 Å². The number of likely N-dealkylation sites (tertiary alicyclic amines) is 2. The lowest BCUT2D eigenvalue weighted by Gasteiger charge is -2.32. The van der Waals surface area contributed by atoms with Gasteiger partial charge in [0.25, 0.3) is 11.8 Å². The van der Waals surface area contributed by atoms with Gasteiger partial charge in [-0.25, -0.2) is 9.59 Å². The van der Waals surface area contributed by atoms with Crippen molar-refractivity contribution < 1.29 is 9.59 Å². The van der Waals surface area contributed by atoms with Crippen LogP contribution in [0.15, 0.2) is 119 Å². The number of piperidine rings is 2. The zero-order valence-corrected chi connectivity index (χ0v) is 34.7. The number of nitrogens with zero attached hydrogens (tertiary/aromatic N) is 5. The number of benzene rings is 4. The van der Waals surface area contributed by atoms with E-state index in [0.717, 1.165) is 71.7 Å². The van der Waals surface area contributed by atoms with E-state index in [1.807, 2.05) is 91.7 Å². The van der Waals surface area contributed by atoms with Crippen molar-refractivity contribution in [1.29, 1.82) is 0 Å². The van der Waals surface area contributed by atoms with Crippen molar-refractivity contribution in [2.45, 2.75) is 96.7 Å². The monoisotopic (exact) mass is 794 g/mol. The molecule has 2 aliphatic rings. The number of allylic oxidation sites excluding steroid dienone is 1. The molecule has 59 heavy (non-hydrogen) atoms. The number of aryl methyl sites for hydroxylation is 2. The van der Waals surface area contributed by atoms with E-state index < -0.39 is 0 Å². The smallest absolute Gasteiger partial charge is 0.329 e. The second kappa shape index (κ2) is 19.2. The Balaban J connectivity index is 0.000000180. The van der Waals surface area contributed by atoms with Gasteiger partial charge < -0.3 is 14.8 Å². The molecule has 0 atom stereocenters. The summed E-state index contributed by atoms with van der Waals surface area (Å²) >= 11 is 0. The van der Waals surface area contributed by atoms with E-state index >= 15 is 0 Å². The Labute approximate surface area is 346 Å². The average Bonchev–Trinajstić information content (AvgIpc) is 3.77. The Hall–Kier alpha value is -5.90. The van der Waals surface area contributed by atoms with E-state index in [4.69, 9.17) is 0 Å². The average molecular weight is 795 g/mol. The Kier molecular flexibility index (Phi) is 13.5. The van der Waals surface area contributed by atoms with E-state index in [2.05, 4.69) is 49.7 Å². The van der Waals surface area contributed by atoms with Crippen LogP contribution >= 0.6 is 0 Å². The van der Waals surface area contributed by atoms with Gasteiger partial charge >= 0.3 is 11.4 Å². The number of unbranched alkanes of at least 4 members (excludes halogenated alkanes) is 2. The minimum atomic E-state index is -0.0614. The van der Waals surface area contributed by atoms with Gasteiger partial charge in [0.2, 0.25) is 0 Å². The maximum absolute atomic E-state index is 13.1. The molecule has 4 aromatic carbocycles. The number of imidazole rings is 2. The maximum Gasteiger partial charge on any atom is 0.329 e. The van der Waals surface area contributed by atoms with Crippen LogP contribution < -0.4 is 11.4 Å². The molecule has 0 unspecified atom stereocenters. The summed E-state index contributed by atoms with van der Waals surface area (Å²) in [5.74, 6) is 0.175. The van der Waals surface area contributed by atoms with E-state index in [-0.39, 0.29) is 35.3 Å². The van der Waals surface area contributed by atoms with Gasteiger partial charge in [0.15, 0.2) is 0 Å². The number of hydrogen-bond donors (Lipinski definition) is 1. The van der Waals surface area contributed by atoms with Crippen LogP contribution in [-0.4, -0.2) is 66.5 Å². The summed E-state index contributed by atoms with van der Waals surface area (Å²) in [4.78, 5) is 58.1. The fourth-order valence-corrected chi connectivity index (χ4v) is 8.74. The number of fused-ring (bicyclic) bond motifs is 2. The molecule has 2 saturated heterocycles. The molecule has 0 aliphatic carbocycles. The lowest BCUT2D eigenvalue weighted by Crippen LogP contribution is -2.41. The highest BCUT2D eigenvalue weighted by Crippen LogP contribution is 2.28. The molecular weight excluding hydrogens is 737 g/mol. The van der Waals surface area contributed by atoms with Gasteiger partial charge in [-0.05, 0) is 111 Å². The summed E-state index contributed by atoms with van der Waals surface area (Å²) in [5.41, 5.74) is 7.73.